The molecule has 174 valence electrons. The van der Waals surface area contributed by atoms with Crippen LogP contribution in [0.1, 0.15) is 39.7 Å². The Balaban J connectivity index is 1.92. The molecule has 1 aliphatic heterocycles. The second kappa shape index (κ2) is 9.08. The maximum atomic E-state index is 13.7. The van der Waals surface area contributed by atoms with E-state index in [1.807, 2.05) is 27.1 Å². The molecular formula is C25H27ClN2O5. The Morgan fingerprint density at radius 3 is 2.48 bits per heavy atom. The predicted octanol–water partition coefficient (Wildman–Crippen LogP) is 4.27. The minimum absolute atomic E-state index is 0.0823. The maximum Gasteiger partial charge on any atom is 0.290 e. The van der Waals surface area contributed by atoms with Gasteiger partial charge in [0, 0.05) is 11.6 Å². The molecule has 0 fully saturated rings. The summed E-state index contributed by atoms with van der Waals surface area (Å²) >= 11 is 6.30. The molecule has 1 atom stereocenters. The lowest BCUT2D eigenvalue weighted by atomic mass is 9.97. The van der Waals surface area contributed by atoms with E-state index < -0.39 is 6.04 Å². The Morgan fingerprint density at radius 1 is 1.09 bits per heavy atom. The number of nitrogens with zero attached hydrogens (tertiary/aromatic N) is 2. The van der Waals surface area contributed by atoms with Gasteiger partial charge in [-0.05, 0) is 69.4 Å². The molecule has 0 bridgehead atoms. The van der Waals surface area contributed by atoms with Crippen molar-refractivity contribution in [3.05, 3.63) is 68.0 Å². The van der Waals surface area contributed by atoms with E-state index in [-0.39, 0.29) is 17.1 Å². The number of rotatable bonds is 7. The first kappa shape index (κ1) is 23.1. The monoisotopic (exact) mass is 470 g/mol. The predicted molar refractivity (Wildman–Crippen MR) is 128 cm³/mol. The summed E-state index contributed by atoms with van der Waals surface area (Å²) in [6, 6.07) is 8.14. The van der Waals surface area contributed by atoms with E-state index in [1.54, 1.807) is 43.4 Å². The van der Waals surface area contributed by atoms with Crippen molar-refractivity contribution < 1.29 is 18.7 Å². The van der Waals surface area contributed by atoms with Crippen molar-refractivity contribution in [3.63, 3.8) is 0 Å². The first-order chi connectivity index (χ1) is 15.8. The number of benzene rings is 2. The van der Waals surface area contributed by atoms with E-state index in [1.165, 1.54) is 0 Å². The number of fused-ring (bicyclic) bond motifs is 2. The molecule has 2 aromatic carbocycles. The van der Waals surface area contributed by atoms with Crippen LogP contribution in [-0.4, -0.2) is 57.1 Å². The highest BCUT2D eigenvalue weighted by Crippen LogP contribution is 2.41. The molecule has 0 radical (unpaired) electrons. The van der Waals surface area contributed by atoms with E-state index in [2.05, 4.69) is 4.90 Å². The highest BCUT2D eigenvalue weighted by molar-refractivity contribution is 6.32. The third kappa shape index (κ3) is 4.07. The fourth-order valence-electron chi connectivity index (χ4n) is 4.30. The number of ether oxygens (including phenoxy) is 2. The summed E-state index contributed by atoms with van der Waals surface area (Å²) in [5, 5.41) is 0.836. The zero-order valence-electron chi connectivity index (χ0n) is 19.4. The molecular weight excluding hydrogens is 444 g/mol. The van der Waals surface area contributed by atoms with Gasteiger partial charge in [0.2, 0.25) is 5.76 Å². The fraction of sp³-hybridized carbons (Fsp3) is 0.360. The van der Waals surface area contributed by atoms with Gasteiger partial charge < -0.3 is 23.7 Å². The average Bonchev–Trinajstić information content (AvgIpc) is 3.06. The molecule has 8 heteroatoms. The summed E-state index contributed by atoms with van der Waals surface area (Å²) < 4.78 is 16.9. The van der Waals surface area contributed by atoms with Gasteiger partial charge in [-0.3, -0.25) is 9.59 Å². The van der Waals surface area contributed by atoms with Gasteiger partial charge in [0.1, 0.15) is 5.58 Å². The lowest BCUT2D eigenvalue weighted by Gasteiger charge is -2.26. The SMILES string of the molecule is COc1ccc(C2c3c(oc4cc(C)c(Cl)cc4c3=O)C(=O)N2CCCN(C)C)cc1OC. The molecule has 0 spiro atoms. The van der Waals surface area contributed by atoms with Crippen LogP contribution in [0.15, 0.2) is 39.5 Å². The summed E-state index contributed by atoms with van der Waals surface area (Å²) in [6.45, 7) is 3.10. The van der Waals surface area contributed by atoms with Crippen LogP contribution in [0, 0.1) is 6.92 Å². The third-order valence-electron chi connectivity index (χ3n) is 5.97. The Labute approximate surface area is 197 Å². The first-order valence-corrected chi connectivity index (χ1v) is 11.1. The molecule has 1 aliphatic rings. The van der Waals surface area contributed by atoms with Crippen LogP contribution in [0.4, 0.5) is 0 Å². The number of amides is 1. The molecule has 0 N–H and O–H groups in total. The Hall–Kier alpha value is -3.03. The summed E-state index contributed by atoms with van der Waals surface area (Å²) in [5.41, 5.74) is 1.95. The largest absolute Gasteiger partial charge is 0.493 e. The standard InChI is InChI=1S/C25H27ClN2O5/c1-14-11-19-16(13-17(14)26)23(29)21-22(15-7-8-18(31-4)20(12-15)32-5)28(10-6-9-27(2)3)25(30)24(21)33-19/h7-8,11-13,22H,6,9-10H2,1-5H3. The molecule has 7 nitrogen and oxygen atoms in total. The minimum atomic E-state index is -0.602. The van der Waals surface area contributed by atoms with E-state index in [0.717, 1.165) is 24.1 Å². The van der Waals surface area contributed by atoms with E-state index in [0.29, 0.717) is 39.6 Å². The first-order valence-electron chi connectivity index (χ1n) is 10.7. The summed E-state index contributed by atoms with van der Waals surface area (Å²) in [4.78, 5) is 30.9. The molecule has 2 heterocycles. The van der Waals surface area contributed by atoms with Gasteiger partial charge in [-0.15, -0.1) is 0 Å². The Bertz CT molecular complexity index is 1280. The Morgan fingerprint density at radius 2 is 1.82 bits per heavy atom. The summed E-state index contributed by atoms with van der Waals surface area (Å²) in [5.74, 6) is 0.875. The smallest absolute Gasteiger partial charge is 0.290 e. The maximum absolute atomic E-state index is 13.7. The average molecular weight is 471 g/mol. The van der Waals surface area contributed by atoms with Crippen LogP contribution in [0.3, 0.4) is 0 Å². The third-order valence-corrected chi connectivity index (χ3v) is 6.38. The van der Waals surface area contributed by atoms with Crippen LogP contribution < -0.4 is 14.9 Å². The number of methoxy groups -OCH3 is 2. The minimum Gasteiger partial charge on any atom is -0.493 e. The van der Waals surface area contributed by atoms with Crippen molar-refractivity contribution in [2.45, 2.75) is 19.4 Å². The van der Waals surface area contributed by atoms with Crippen LogP contribution >= 0.6 is 11.6 Å². The normalized spacial score (nSPS) is 15.4. The lowest BCUT2D eigenvalue weighted by molar-refractivity contribution is 0.0722. The van der Waals surface area contributed by atoms with Crippen molar-refractivity contribution in [1.82, 2.24) is 9.80 Å². The van der Waals surface area contributed by atoms with Crippen molar-refractivity contribution in [2.24, 2.45) is 0 Å². The molecule has 4 rings (SSSR count). The second-order valence-corrected chi connectivity index (χ2v) is 8.85. The van der Waals surface area contributed by atoms with Gasteiger partial charge in [0.05, 0.1) is 31.2 Å². The molecule has 1 aromatic heterocycles. The highest BCUT2D eigenvalue weighted by Gasteiger charge is 2.42. The quantitative estimate of drug-likeness (QED) is 0.513. The van der Waals surface area contributed by atoms with Crippen LogP contribution in [-0.2, 0) is 0 Å². The van der Waals surface area contributed by atoms with Crippen molar-refractivity contribution in [3.8, 4) is 11.5 Å². The summed E-state index contributed by atoms with van der Waals surface area (Å²) in [7, 11) is 7.08. The van der Waals surface area contributed by atoms with Gasteiger partial charge in [0.25, 0.3) is 5.91 Å². The molecule has 0 saturated heterocycles. The number of hydrogen-bond acceptors (Lipinski definition) is 6. The lowest BCUT2D eigenvalue weighted by Crippen LogP contribution is -2.32. The number of carbonyl (C=O) groups is 1. The number of hydrogen-bond donors (Lipinski definition) is 0. The van der Waals surface area contributed by atoms with E-state index in [4.69, 9.17) is 25.5 Å². The van der Waals surface area contributed by atoms with Gasteiger partial charge in [-0.2, -0.15) is 0 Å². The molecule has 1 amide bonds. The Kier molecular flexibility index (Phi) is 6.36. The zero-order chi connectivity index (χ0) is 23.9. The van der Waals surface area contributed by atoms with Gasteiger partial charge in [-0.1, -0.05) is 17.7 Å². The fourth-order valence-corrected chi connectivity index (χ4v) is 4.46. The number of carbonyl (C=O) groups excluding carboxylic acids is 1. The number of aryl methyl sites for hydroxylation is 1. The molecule has 33 heavy (non-hydrogen) atoms. The van der Waals surface area contributed by atoms with Gasteiger partial charge >= 0.3 is 0 Å². The van der Waals surface area contributed by atoms with Crippen molar-refractivity contribution in [2.75, 3.05) is 41.4 Å². The molecule has 1 unspecified atom stereocenters. The highest BCUT2D eigenvalue weighted by atomic mass is 35.5. The van der Waals surface area contributed by atoms with Gasteiger partial charge in [0.15, 0.2) is 16.9 Å². The molecule has 0 aliphatic carbocycles. The van der Waals surface area contributed by atoms with Crippen molar-refractivity contribution in [1.29, 1.82) is 0 Å². The van der Waals surface area contributed by atoms with E-state index >= 15 is 0 Å². The number of halogens is 1. The van der Waals surface area contributed by atoms with Crippen LogP contribution in [0.2, 0.25) is 5.02 Å². The second-order valence-electron chi connectivity index (χ2n) is 8.44. The van der Waals surface area contributed by atoms with E-state index in [9.17, 15) is 9.59 Å². The van der Waals surface area contributed by atoms with Crippen LogP contribution in [0.25, 0.3) is 11.0 Å². The van der Waals surface area contributed by atoms with Crippen molar-refractivity contribution >= 4 is 28.5 Å². The molecule has 0 saturated carbocycles. The van der Waals surface area contributed by atoms with Gasteiger partial charge in [-0.25, -0.2) is 0 Å². The summed E-state index contributed by atoms with van der Waals surface area (Å²) in [6.07, 6.45) is 0.745. The zero-order valence-corrected chi connectivity index (χ0v) is 20.2. The molecule has 3 aromatic rings. The topological polar surface area (TPSA) is 72.2 Å². The van der Waals surface area contributed by atoms with Crippen LogP contribution in [0.5, 0.6) is 11.5 Å².